The fourth-order valence-electron chi connectivity index (χ4n) is 5.51. The van der Waals surface area contributed by atoms with Gasteiger partial charge in [0.25, 0.3) is 0 Å². The van der Waals surface area contributed by atoms with Crippen molar-refractivity contribution in [2.45, 2.75) is 18.9 Å². The lowest BCUT2D eigenvalue weighted by molar-refractivity contribution is 0.0720. The fourth-order valence-corrected chi connectivity index (χ4v) is 5.51. The van der Waals surface area contributed by atoms with Crippen molar-refractivity contribution in [2.75, 3.05) is 27.8 Å². The molecule has 40 heavy (non-hydrogen) atoms. The lowest BCUT2D eigenvalue weighted by atomic mass is 9.76. The summed E-state index contributed by atoms with van der Waals surface area (Å²) in [6.07, 6.45) is 7.62. The number of hydrogen-bond donors (Lipinski definition) is 0. The number of rotatable bonds is 6. The summed E-state index contributed by atoms with van der Waals surface area (Å²) >= 11 is 0. The van der Waals surface area contributed by atoms with Crippen molar-refractivity contribution in [2.24, 2.45) is 0 Å². The second-order valence-corrected chi connectivity index (χ2v) is 9.73. The number of nitrogens with zero attached hydrogens (tertiary/aromatic N) is 3. The molecule has 1 aliphatic carbocycles. The van der Waals surface area contributed by atoms with Crippen molar-refractivity contribution in [1.29, 1.82) is 0 Å². The maximum absolute atomic E-state index is 13.0. The van der Waals surface area contributed by atoms with Gasteiger partial charge in [-0.2, -0.15) is 0 Å². The van der Waals surface area contributed by atoms with Crippen molar-refractivity contribution in [1.82, 2.24) is 14.9 Å². The molecule has 1 aliphatic heterocycles. The van der Waals surface area contributed by atoms with Crippen LogP contribution in [0.1, 0.15) is 43.4 Å². The monoisotopic (exact) mass is 537 g/mol. The van der Waals surface area contributed by atoms with Crippen LogP contribution in [0.15, 0.2) is 67.3 Å². The Morgan fingerprint density at radius 3 is 2.10 bits per heavy atom. The van der Waals surface area contributed by atoms with Gasteiger partial charge in [0.1, 0.15) is 0 Å². The number of fused-ring (bicyclic) bond motifs is 2. The van der Waals surface area contributed by atoms with E-state index in [9.17, 15) is 9.59 Å². The van der Waals surface area contributed by atoms with Crippen LogP contribution < -0.4 is 18.9 Å². The predicted molar refractivity (Wildman–Crippen MR) is 146 cm³/mol. The lowest BCUT2D eigenvalue weighted by Gasteiger charge is -2.40. The number of carbonyl (C=O) groups is 2. The Morgan fingerprint density at radius 2 is 1.50 bits per heavy atom. The largest absolute Gasteiger partial charge is 0.493 e. The molecule has 2 aromatic heterocycles. The molecule has 0 bridgehead atoms. The number of likely N-dealkylation sites (N-methyl/N-ethyl adjacent to an activating group) is 1. The van der Waals surface area contributed by atoms with E-state index in [4.69, 9.17) is 18.9 Å². The lowest BCUT2D eigenvalue weighted by Crippen LogP contribution is -2.35. The third kappa shape index (κ3) is 4.44. The molecule has 0 saturated carbocycles. The summed E-state index contributed by atoms with van der Waals surface area (Å²) in [7, 11) is 5.19. The van der Waals surface area contributed by atoms with Gasteiger partial charge >= 0.3 is 11.9 Å². The van der Waals surface area contributed by atoms with Gasteiger partial charge in [-0.1, -0.05) is 0 Å². The van der Waals surface area contributed by atoms with Gasteiger partial charge < -0.3 is 18.9 Å². The van der Waals surface area contributed by atoms with E-state index in [1.807, 2.05) is 18.2 Å². The highest BCUT2D eigenvalue weighted by Gasteiger charge is 2.37. The number of carbonyl (C=O) groups excluding carboxylic acids is 2. The SMILES string of the molecule is COc1cc2c(cc1OC(=O)c1cccnc1)CC1c3c(cc(OC(=O)c4cccnc4)c(OC)c3-2)CCN1C. The van der Waals surface area contributed by atoms with Crippen LogP contribution in [0, 0.1) is 0 Å². The molecule has 9 nitrogen and oxygen atoms in total. The van der Waals surface area contributed by atoms with Crippen molar-refractivity contribution in [3.8, 4) is 34.1 Å². The Morgan fingerprint density at radius 1 is 0.850 bits per heavy atom. The highest BCUT2D eigenvalue weighted by atomic mass is 16.6. The third-order valence-electron chi connectivity index (χ3n) is 7.45. The Kier molecular flexibility index (Phi) is 6.65. The molecule has 2 aromatic carbocycles. The van der Waals surface area contributed by atoms with Crippen molar-refractivity contribution in [3.05, 3.63) is 95.1 Å². The number of methoxy groups -OCH3 is 2. The summed E-state index contributed by atoms with van der Waals surface area (Å²) in [5.41, 5.74) is 5.60. The average molecular weight is 538 g/mol. The van der Waals surface area contributed by atoms with Gasteiger partial charge in [-0.3, -0.25) is 14.9 Å². The zero-order chi connectivity index (χ0) is 27.8. The maximum Gasteiger partial charge on any atom is 0.345 e. The minimum atomic E-state index is -0.526. The molecule has 1 unspecified atom stereocenters. The minimum Gasteiger partial charge on any atom is -0.493 e. The normalized spacial score (nSPS) is 15.4. The average Bonchev–Trinajstić information content (AvgIpc) is 2.99. The molecule has 1 atom stereocenters. The van der Waals surface area contributed by atoms with E-state index in [0.29, 0.717) is 40.5 Å². The Balaban J connectivity index is 1.48. The molecule has 3 heterocycles. The molecule has 0 fully saturated rings. The summed E-state index contributed by atoms with van der Waals surface area (Å²) in [5.74, 6) is 0.463. The summed E-state index contributed by atoms with van der Waals surface area (Å²) in [6, 6.07) is 12.4. The maximum atomic E-state index is 13.0. The van der Waals surface area contributed by atoms with Crippen LogP contribution in [0.5, 0.6) is 23.0 Å². The summed E-state index contributed by atoms with van der Waals surface area (Å²) < 4.78 is 23.3. The second-order valence-electron chi connectivity index (χ2n) is 9.73. The first kappa shape index (κ1) is 25.5. The molecule has 6 rings (SSSR count). The number of aromatic nitrogens is 2. The van der Waals surface area contributed by atoms with Gasteiger partial charge in [-0.15, -0.1) is 0 Å². The molecule has 0 N–H and O–H groups in total. The van der Waals surface area contributed by atoms with Gasteiger partial charge in [0.05, 0.1) is 25.3 Å². The van der Waals surface area contributed by atoms with Crippen LogP contribution in [0.25, 0.3) is 11.1 Å². The molecule has 2 aliphatic rings. The number of ether oxygens (including phenoxy) is 4. The topological polar surface area (TPSA) is 100 Å². The van der Waals surface area contributed by atoms with E-state index < -0.39 is 11.9 Å². The first-order valence-corrected chi connectivity index (χ1v) is 12.9. The molecule has 0 amide bonds. The van der Waals surface area contributed by atoms with E-state index in [-0.39, 0.29) is 6.04 Å². The highest BCUT2D eigenvalue weighted by molar-refractivity contribution is 5.93. The van der Waals surface area contributed by atoms with Crippen LogP contribution in [-0.2, 0) is 12.8 Å². The van der Waals surface area contributed by atoms with E-state index in [2.05, 4.69) is 21.9 Å². The van der Waals surface area contributed by atoms with Crippen molar-refractivity contribution < 1.29 is 28.5 Å². The zero-order valence-electron chi connectivity index (χ0n) is 22.3. The van der Waals surface area contributed by atoms with E-state index >= 15 is 0 Å². The quantitative estimate of drug-likeness (QED) is 0.256. The standard InChI is InChI=1S/C31H27N3O6/c1-34-11-8-18-13-26(40-31(36)20-7-5-10-33-17-20)29(38-3)28-22-15-24(37-2)25(14-21(22)12-23(34)27(18)28)39-30(35)19-6-4-9-32-16-19/h4-7,9-10,13-17,23H,8,11-12H2,1-3H3. The first-order valence-electron chi connectivity index (χ1n) is 12.9. The number of esters is 2. The molecular formula is C31H27N3O6. The van der Waals surface area contributed by atoms with Crippen molar-refractivity contribution in [3.63, 3.8) is 0 Å². The Labute approximate surface area is 231 Å². The van der Waals surface area contributed by atoms with Crippen LogP contribution in [0.2, 0.25) is 0 Å². The highest BCUT2D eigenvalue weighted by Crippen LogP contribution is 2.54. The summed E-state index contributed by atoms with van der Waals surface area (Å²) in [6.45, 7) is 0.841. The van der Waals surface area contributed by atoms with Gasteiger partial charge in [0.2, 0.25) is 0 Å². The second kappa shape index (κ2) is 10.4. The summed E-state index contributed by atoms with van der Waals surface area (Å²) in [4.78, 5) is 36.2. The number of pyridine rings is 2. The molecule has 0 saturated heterocycles. The van der Waals surface area contributed by atoms with Crippen LogP contribution in [0.3, 0.4) is 0 Å². The summed E-state index contributed by atoms with van der Waals surface area (Å²) in [5, 5.41) is 0. The first-order chi connectivity index (χ1) is 19.5. The Hall–Kier alpha value is -4.76. The van der Waals surface area contributed by atoms with Crippen molar-refractivity contribution >= 4 is 11.9 Å². The minimum absolute atomic E-state index is 0.0681. The third-order valence-corrected chi connectivity index (χ3v) is 7.45. The van der Waals surface area contributed by atoms with E-state index in [0.717, 1.165) is 40.8 Å². The van der Waals surface area contributed by atoms with Gasteiger partial charge in [-0.05, 0) is 84.6 Å². The van der Waals surface area contributed by atoms with Crippen LogP contribution in [-0.4, -0.2) is 54.6 Å². The zero-order valence-corrected chi connectivity index (χ0v) is 22.3. The van der Waals surface area contributed by atoms with Crippen LogP contribution in [0.4, 0.5) is 0 Å². The van der Waals surface area contributed by atoms with Gasteiger partial charge in [-0.25, -0.2) is 9.59 Å². The number of hydrogen-bond acceptors (Lipinski definition) is 9. The molecular weight excluding hydrogens is 510 g/mol. The molecule has 9 heteroatoms. The van der Waals surface area contributed by atoms with E-state index in [1.165, 1.54) is 19.5 Å². The Bertz CT molecular complexity index is 1610. The molecule has 0 spiro atoms. The molecule has 0 radical (unpaired) electrons. The van der Waals surface area contributed by atoms with Gasteiger partial charge in [0, 0.05) is 42.9 Å². The number of benzene rings is 2. The molecule has 202 valence electrons. The van der Waals surface area contributed by atoms with Gasteiger partial charge in [0.15, 0.2) is 23.0 Å². The fraction of sp³-hybridized carbons (Fsp3) is 0.226. The predicted octanol–water partition coefficient (Wildman–Crippen LogP) is 4.68. The van der Waals surface area contributed by atoms with E-state index in [1.54, 1.807) is 43.8 Å². The molecule has 4 aromatic rings. The smallest absolute Gasteiger partial charge is 0.345 e. The van der Waals surface area contributed by atoms with Crippen LogP contribution >= 0.6 is 0 Å².